The molecular formula is C105H137BCl7N27O8. The summed E-state index contributed by atoms with van der Waals surface area (Å²) in [4.78, 5) is 77.5. The van der Waals surface area contributed by atoms with E-state index in [2.05, 4.69) is 232 Å². The van der Waals surface area contributed by atoms with E-state index >= 15 is 0 Å². The van der Waals surface area contributed by atoms with Gasteiger partial charge in [-0.3, -0.25) is 34.3 Å². The number of benzene rings is 3. The van der Waals surface area contributed by atoms with Crippen LogP contribution in [0.25, 0.3) is 44.1 Å². The average Bonchev–Trinajstić information content (AvgIpc) is 1.59. The van der Waals surface area contributed by atoms with Crippen molar-refractivity contribution >= 4 is 173 Å². The Kier molecular flexibility index (Phi) is 40.3. The Morgan fingerprint density at radius 2 is 0.743 bits per heavy atom. The standard InChI is InChI=1S/C23H29ClN6O.C22H28ClN7O.C17H17Cl2N5.C16H23ClN6O.C12H18BNO2.C6H13NO.C6H5NO.C3H4Cl2O/c1-16-13-29(14-17(2)31-16)21-20-12-25-30(22(20)27-23(24)26-21)19-8-10-28(11-9-19)15-18-6-4-3-5-7-18;1-15-12-29(13-16(2)31-15)20-19-11-25-30(21(19)27-22(23)26-20)18-5-8-28(9-6-18)14-17-4-3-7-24-10-17;18-15-14-10-20-24(16(14)22-17(19)21-15)13-6-8-23(9-7-13)11-12-4-2-1-3-5-12;1-10-8-22(9-11(2)24-10)14-13-7-19-23(12-3-5-18-6-4-12)15(13)21-16(17)20-14;1-11(2)12(3,4)16-13(15-11)9-5-7-10(14)8-6-9;1-5-3-7-4-6(2)8-5;8-5-6-2-1-3-7-4-6;1-2(4)3(5)6/h3-7,12,16-17,19H,8-11,13-15H2,1-2H3;3-4,7,10-11,15-16,18H,5-6,8-9,12-14H2,1-2H3;1-5,10,13H,6-9,11H2;7,10-12,18H,3-6,8-9H2,1-2H3;5-8H,14H2,1-4H3;5-7H,3-4H2,1-2H3;1-5H;2H,1H3/t16-,17+;15-,16+;;10-,11+;;5-,6+;;. The molecule has 10 aromatic heterocycles. The number of rotatable bonds is 16. The van der Waals surface area contributed by atoms with Crippen LogP contribution in [0, 0.1) is 0 Å². The molecule has 0 saturated carbocycles. The number of aldehydes is 1. The monoisotopic (exact) mass is 2160 g/mol. The maximum atomic E-state index is 9.97. The van der Waals surface area contributed by atoms with Crippen LogP contribution in [0.1, 0.15) is 193 Å². The molecule has 3 aromatic carbocycles. The zero-order chi connectivity index (χ0) is 105. The Balaban J connectivity index is 0.000000133. The normalized spacial score (nSPS) is 22.4. The third-order valence-electron chi connectivity index (χ3n) is 27.7. The number of anilines is 4. The Labute approximate surface area is 901 Å². The molecule has 9 atom stereocenters. The number of likely N-dealkylation sites (tertiary alicyclic amines) is 3. The van der Waals surface area contributed by atoms with Gasteiger partial charge < -0.3 is 59.3 Å². The van der Waals surface area contributed by atoms with E-state index in [1.54, 1.807) is 24.5 Å². The lowest BCUT2D eigenvalue weighted by Gasteiger charge is -2.36. The van der Waals surface area contributed by atoms with Crippen molar-refractivity contribution < 1.29 is 37.8 Å². The van der Waals surface area contributed by atoms with Crippen molar-refractivity contribution in [3.63, 3.8) is 0 Å². The summed E-state index contributed by atoms with van der Waals surface area (Å²) in [6.45, 7) is 44.3. The van der Waals surface area contributed by atoms with E-state index in [-0.39, 0.29) is 76.1 Å². The fraction of sp³-hybridized carbons (Fsp3) is 0.524. The molecule has 148 heavy (non-hydrogen) atoms. The van der Waals surface area contributed by atoms with Crippen LogP contribution >= 0.6 is 81.2 Å². The molecule has 9 aliphatic rings. The predicted octanol–water partition coefficient (Wildman–Crippen LogP) is 17.5. The molecule has 9 saturated heterocycles. The number of pyridine rings is 2. The number of nitrogens with zero attached hydrogens (tertiary/aromatic N) is 24. The van der Waals surface area contributed by atoms with Gasteiger partial charge in [-0.25, -0.2) is 23.7 Å². The minimum Gasteiger partial charge on any atom is -0.399 e. The fourth-order valence-electron chi connectivity index (χ4n) is 19.9. The summed E-state index contributed by atoms with van der Waals surface area (Å²) in [6.07, 6.45) is 25.1. The van der Waals surface area contributed by atoms with Crippen LogP contribution in [0.15, 0.2) is 159 Å². The molecule has 0 bridgehead atoms. The van der Waals surface area contributed by atoms with Gasteiger partial charge in [-0.1, -0.05) is 90.5 Å². The lowest BCUT2D eigenvalue weighted by molar-refractivity contribution is -0.111. The summed E-state index contributed by atoms with van der Waals surface area (Å²) in [5.41, 5.74) is 14.6. The first-order valence-corrected chi connectivity index (χ1v) is 53.9. The van der Waals surface area contributed by atoms with Crippen molar-refractivity contribution in [2.75, 3.05) is 125 Å². The highest BCUT2D eigenvalue weighted by molar-refractivity contribution is 6.69. The maximum absolute atomic E-state index is 9.97. The van der Waals surface area contributed by atoms with Gasteiger partial charge in [0, 0.05) is 147 Å². The van der Waals surface area contributed by atoms with Crippen LogP contribution in [0.5, 0.6) is 0 Å². The van der Waals surface area contributed by atoms with Gasteiger partial charge in [0.15, 0.2) is 28.9 Å². The molecule has 43 heteroatoms. The van der Waals surface area contributed by atoms with Gasteiger partial charge >= 0.3 is 7.12 Å². The summed E-state index contributed by atoms with van der Waals surface area (Å²) in [6, 6.07) is 37.7. The zero-order valence-electron chi connectivity index (χ0n) is 86.5. The number of hydrogen-bond acceptors (Lipinski definition) is 31. The maximum Gasteiger partial charge on any atom is 0.494 e. The lowest BCUT2D eigenvalue weighted by atomic mass is 9.79. The number of halogens is 7. The van der Waals surface area contributed by atoms with E-state index in [0.29, 0.717) is 47.1 Å². The summed E-state index contributed by atoms with van der Waals surface area (Å²) < 4.78 is 43.0. The molecule has 19 heterocycles. The van der Waals surface area contributed by atoms with Gasteiger partial charge in [-0.15, -0.1) is 11.6 Å². The molecule has 22 rings (SSSR count). The van der Waals surface area contributed by atoms with Crippen LogP contribution in [0.4, 0.5) is 23.1 Å². The first kappa shape index (κ1) is 112. The second kappa shape index (κ2) is 53.1. The second-order valence-electron chi connectivity index (χ2n) is 40.4. The number of nitrogen functional groups attached to an aromatic ring is 1. The molecule has 1 unspecified atom stereocenters. The van der Waals surface area contributed by atoms with Crippen molar-refractivity contribution in [3.05, 3.63) is 207 Å². The van der Waals surface area contributed by atoms with Crippen molar-refractivity contribution in [3.8, 4) is 0 Å². The Morgan fingerprint density at radius 1 is 0.419 bits per heavy atom. The van der Waals surface area contributed by atoms with Gasteiger partial charge in [0.05, 0.1) is 131 Å². The van der Waals surface area contributed by atoms with Crippen molar-refractivity contribution in [1.29, 1.82) is 0 Å². The van der Waals surface area contributed by atoms with Crippen LogP contribution in [-0.4, -0.2) is 292 Å². The molecule has 9 aliphatic heterocycles. The molecule has 4 N–H and O–H groups in total. The number of nitrogens with one attached hydrogen (secondary N) is 2. The fourth-order valence-corrected chi connectivity index (χ4v) is 20.8. The number of morpholine rings is 4. The molecule has 792 valence electrons. The summed E-state index contributed by atoms with van der Waals surface area (Å²) in [5.74, 6) is 2.59. The zero-order valence-corrected chi connectivity index (χ0v) is 91.8. The minimum atomic E-state index is -0.549. The predicted molar refractivity (Wildman–Crippen MR) is 587 cm³/mol. The number of nitrogens with two attached hydrogens (primary N) is 1. The van der Waals surface area contributed by atoms with Crippen molar-refractivity contribution in [2.45, 2.75) is 251 Å². The van der Waals surface area contributed by atoms with Crippen LogP contribution in [0.2, 0.25) is 26.3 Å². The molecule has 0 amide bonds. The first-order chi connectivity index (χ1) is 71.1. The summed E-state index contributed by atoms with van der Waals surface area (Å²) in [5, 5.41) is 29.2. The van der Waals surface area contributed by atoms with Crippen molar-refractivity contribution in [2.24, 2.45) is 0 Å². The van der Waals surface area contributed by atoms with E-state index in [9.17, 15) is 9.59 Å². The highest BCUT2D eigenvalue weighted by Gasteiger charge is 2.52. The Hall–Kier alpha value is -9.65. The van der Waals surface area contributed by atoms with E-state index in [4.69, 9.17) is 125 Å². The molecule has 0 aliphatic carbocycles. The number of carbonyl (C=O) groups is 2. The van der Waals surface area contributed by atoms with Crippen LogP contribution in [0.3, 0.4) is 0 Å². The number of fused-ring (bicyclic) bond motifs is 4. The van der Waals surface area contributed by atoms with Crippen LogP contribution < -0.4 is 36.5 Å². The number of carbonyl (C=O) groups excluding carboxylic acids is 2. The van der Waals surface area contributed by atoms with Gasteiger partial charge in [-0.2, -0.15) is 55.3 Å². The Morgan fingerprint density at radius 3 is 1.07 bits per heavy atom. The number of aromatic nitrogens is 18. The highest BCUT2D eigenvalue weighted by atomic mass is 35.5. The molecule has 9 fully saturated rings. The average molecular weight is 2160 g/mol. The molecular weight excluding hydrogens is 2030 g/mol. The van der Waals surface area contributed by atoms with E-state index in [0.717, 1.165) is 255 Å². The molecule has 0 radical (unpaired) electrons. The minimum absolute atomic E-state index is 0.145. The second-order valence-corrected chi connectivity index (χ2v) is 43.1. The molecule has 0 spiro atoms. The quantitative estimate of drug-likeness (QED) is 0.0154. The Bertz CT molecular complexity index is 6170. The number of piperidine rings is 4. The lowest BCUT2D eigenvalue weighted by Crippen LogP contribution is -2.46. The van der Waals surface area contributed by atoms with Gasteiger partial charge in [0.2, 0.25) is 26.4 Å². The third kappa shape index (κ3) is 30.7. The SMILES string of the molecule is CC(Cl)C(=O)Cl.CC1(C)OB(c2ccc(N)cc2)OC1(C)C.C[C@@H]1CN(c2nc(Cl)nc3c2cnn3C2CCN(Cc3ccccc3)CC2)C[C@H](C)O1.C[C@@H]1CN(c2nc(Cl)nc3c2cnn3C2CCN(Cc3cccnc3)CC2)C[C@H](C)O1.C[C@@H]1CN(c2nc(Cl)nc3c2cnn3C2CCNCC2)C[C@H](C)O1.C[C@@H]1CNC[C@H](C)O1.Clc1nc(Cl)c2cnn(C3CCN(Cc4ccccc4)CC3)c2n1.O=Cc1cccnc1. The number of ether oxygens (including phenoxy) is 4. The van der Waals surface area contributed by atoms with E-state index in [1.807, 2.05) is 98.4 Å². The van der Waals surface area contributed by atoms with E-state index in [1.165, 1.54) is 29.8 Å². The van der Waals surface area contributed by atoms with Gasteiger partial charge in [-0.05, 0) is 265 Å². The van der Waals surface area contributed by atoms with Gasteiger partial charge in [0.1, 0.15) is 28.0 Å². The highest BCUT2D eigenvalue weighted by Crippen LogP contribution is 2.40. The molecule has 13 aromatic rings. The topological polar surface area (TPSA) is 359 Å². The van der Waals surface area contributed by atoms with E-state index < -0.39 is 10.6 Å². The summed E-state index contributed by atoms with van der Waals surface area (Å²) >= 11 is 41.0. The molecule has 35 nitrogen and oxygen atoms in total. The van der Waals surface area contributed by atoms with Crippen LogP contribution in [-0.2, 0) is 52.7 Å². The largest absolute Gasteiger partial charge is 0.494 e. The van der Waals surface area contributed by atoms with Crippen molar-refractivity contribution in [1.82, 2.24) is 114 Å². The third-order valence-corrected chi connectivity index (χ3v) is 29.3. The van der Waals surface area contributed by atoms with Gasteiger partial charge in [0.25, 0.3) is 0 Å². The number of alkyl halides is 1. The first-order valence-electron chi connectivity index (χ1n) is 51.2. The number of hydrogen-bond donors (Lipinski definition) is 3. The summed E-state index contributed by atoms with van der Waals surface area (Å²) in [7, 11) is -0.300. The smallest absolute Gasteiger partial charge is 0.399 e.